The first-order chi connectivity index (χ1) is 8.97. The number of hydrogen-bond acceptors (Lipinski definition) is 4. The number of halogens is 1. The van der Waals surface area contributed by atoms with E-state index in [2.05, 4.69) is 10.6 Å². The molecule has 2 rings (SSSR count). The first-order valence-electron chi connectivity index (χ1n) is 5.67. The summed E-state index contributed by atoms with van der Waals surface area (Å²) in [6.45, 7) is 0. The summed E-state index contributed by atoms with van der Waals surface area (Å²) < 4.78 is 13.7. The summed E-state index contributed by atoms with van der Waals surface area (Å²) in [7, 11) is 0. The monoisotopic (exact) mass is 281 g/mol. The number of rotatable bonds is 3. The van der Waals surface area contributed by atoms with Crippen LogP contribution in [0.3, 0.4) is 0 Å². The molecule has 2 amide bonds. The highest BCUT2D eigenvalue weighted by Gasteiger charge is 2.26. The molecular weight excluding hydrogens is 269 g/mol. The number of imide groups is 1. The largest absolute Gasteiger partial charge is 0.389 e. The van der Waals surface area contributed by atoms with Crippen LogP contribution in [-0.4, -0.2) is 22.8 Å². The molecule has 1 unspecified atom stereocenters. The Kier molecular flexibility index (Phi) is 3.75. The molecule has 1 aromatic carbocycles. The van der Waals surface area contributed by atoms with E-state index in [1.54, 1.807) is 6.07 Å². The fraction of sp³-hybridized carbons (Fsp3) is 0.250. The number of thiocarbonyl (C=S) groups is 1. The number of carbonyl (C=O) groups is 2. The third-order valence-corrected chi connectivity index (χ3v) is 3.03. The Balaban J connectivity index is 2.11. The van der Waals surface area contributed by atoms with E-state index < -0.39 is 17.8 Å². The molecule has 19 heavy (non-hydrogen) atoms. The van der Waals surface area contributed by atoms with Crippen molar-refractivity contribution in [2.45, 2.75) is 18.9 Å². The van der Waals surface area contributed by atoms with E-state index in [1.807, 2.05) is 0 Å². The highest BCUT2D eigenvalue weighted by atomic mass is 32.1. The fourth-order valence-electron chi connectivity index (χ4n) is 1.84. The summed E-state index contributed by atoms with van der Waals surface area (Å²) in [4.78, 5) is 22.5. The molecule has 100 valence electrons. The van der Waals surface area contributed by atoms with Crippen molar-refractivity contribution in [1.29, 1.82) is 0 Å². The first-order valence-corrected chi connectivity index (χ1v) is 6.08. The van der Waals surface area contributed by atoms with Crippen molar-refractivity contribution in [3.63, 3.8) is 0 Å². The summed E-state index contributed by atoms with van der Waals surface area (Å²) in [5.74, 6) is -1.25. The van der Waals surface area contributed by atoms with Crippen molar-refractivity contribution in [2.24, 2.45) is 5.73 Å². The molecule has 1 saturated heterocycles. The summed E-state index contributed by atoms with van der Waals surface area (Å²) >= 11 is 4.70. The van der Waals surface area contributed by atoms with Crippen LogP contribution in [0.2, 0.25) is 0 Å². The molecular formula is C12H12FN3O2S. The van der Waals surface area contributed by atoms with Gasteiger partial charge in [-0.3, -0.25) is 14.9 Å². The van der Waals surface area contributed by atoms with Crippen molar-refractivity contribution >= 4 is 34.7 Å². The number of nitrogens with one attached hydrogen (secondary N) is 2. The zero-order chi connectivity index (χ0) is 14.0. The van der Waals surface area contributed by atoms with Crippen LogP contribution in [0.15, 0.2) is 18.2 Å². The van der Waals surface area contributed by atoms with Crippen LogP contribution in [0, 0.1) is 5.82 Å². The number of carbonyl (C=O) groups excluding carboxylic acids is 2. The molecule has 1 aliphatic heterocycles. The topological polar surface area (TPSA) is 84.2 Å². The van der Waals surface area contributed by atoms with Crippen LogP contribution in [-0.2, 0) is 9.59 Å². The average molecular weight is 281 g/mol. The van der Waals surface area contributed by atoms with Gasteiger partial charge in [-0.1, -0.05) is 12.2 Å². The molecule has 0 bridgehead atoms. The molecule has 0 radical (unpaired) electrons. The van der Waals surface area contributed by atoms with Gasteiger partial charge in [-0.05, 0) is 24.6 Å². The Hall–Kier alpha value is -2.02. The van der Waals surface area contributed by atoms with Gasteiger partial charge in [0.15, 0.2) is 0 Å². The minimum absolute atomic E-state index is 0.0231. The maximum absolute atomic E-state index is 13.7. The Morgan fingerprint density at radius 2 is 2.21 bits per heavy atom. The number of anilines is 1. The third kappa shape index (κ3) is 3.05. The van der Waals surface area contributed by atoms with Gasteiger partial charge >= 0.3 is 0 Å². The highest BCUT2D eigenvalue weighted by Crippen LogP contribution is 2.17. The number of benzene rings is 1. The van der Waals surface area contributed by atoms with E-state index in [1.165, 1.54) is 12.1 Å². The van der Waals surface area contributed by atoms with Crippen molar-refractivity contribution < 1.29 is 14.0 Å². The Morgan fingerprint density at radius 1 is 1.47 bits per heavy atom. The van der Waals surface area contributed by atoms with E-state index >= 15 is 0 Å². The molecule has 4 N–H and O–H groups in total. The smallest absolute Gasteiger partial charge is 0.249 e. The van der Waals surface area contributed by atoms with Crippen LogP contribution in [0.25, 0.3) is 0 Å². The van der Waals surface area contributed by atoms with E-state index in [4.69, 9.17) is 18.0 Å². The number of amides is 2. The van der Waals surface area contributed by atoms with Crippen LogP contribution >= 0.6 is 12.2 Å². The lowest BCUT2D eigenvalue weighted by Gasteiger charge is -2.22. The lowest BCUT2D eigenvalue weighted by Crippen LogP contribution is -2.47. The van der Waals surface area contributed by atoms with Crippen LogP contribution < -0.4 is 16.4 Å². The Bertz CT molecular complexity index is 562. The maximum Gasteiger partial charge on any atom is 0.249 e. The Labute approximate surface area is 114 Å². The second-order valence-electron chi connectivity index (χ2n) is 4.21. The summed E-state index contributed by atoms with van der Waals surface area (Å²) in [5.41, 5.74) is 5.95. The van der Waals surface area contributed by atoms with Gasteiger partial charge < -0.3 is 11.1 Å². The molecule has 1 aromatic rings. The first kappa shape index (κ1) is 13.4. The maximum atomic E-state index is 13.7. The van der Waals surface area contributed by atoms with Gasteiger partial charge in [0, 0.05) is 17.7 Å². The van der Waals surface area contributed by atoms with Crippen LogP contribution in [0.5, 0.6) is 0 Å². The SMILES string of the molecule is NC(=S)c1ccc(NC2CCC(=O)NC2=O)cc1F. The summed E-state index contributed by atoms with van der Waals surface area (Å²) in [6, 6.07) is 3.71. The quantitative estimate of drug-likeness (QED) is 0.560. The zero-order valence-electron chi connectivity index (χ0n) is 9.90. The van der Waals surface area contributed by atoms with Gasteiger partial charge in [-0.15, -0.1) is 0 Å². The molecule has 5 nitrogen and oxygen atoms in total. The zero-order valence-corrected chi connectivity index (χ0v) is 10.7. The van der Waals surface area contributed by atoms with Gasteiger partial charge in [-0.2, -0.15) is 0 Å². The number of piperidine rings is 1. The summed E-state index contributed by atoms with van der Waals surface area (Å²) in [5, 5.41) is 5.09. The number of nitrogens with two attached hydrogens (primary N) is 1. The molecule has 7 heteroatoms. The normalized spacial score (nSPS) is 18.9. The van der Waals surface area contributed by atoms with E-state index in [-0.39, 0.29) is 22.9 Å². The van der Waals surface area contributed by atoms with Gasteiger partial charge in [-0.25, -0.2) is 4.39 Å². The van der Waals surface area contributed by atoms with Crippen molar-refractivity contribution in [2.75, 3.05) is 5.32 Å². The van der Waals surface area contributed by atoms with Crippen molar-refractivity contribution in [3.05, 3.63) is 29.6 Å². The van der Waals surface area contributed by atoms with Crippen molar-refractivity contribution in [3.8, 4) is 0 Å². The molecule has 0 aliphatic carbocycles. The second kappa shape index (κ2) is 5.31. The van der Waals surface area contributed by atoms with Crippen molar-refractivity contribution in [1.82, 2.24) is 5.32 Å². The van der Waals surface area contributed by atoms with Gasteiger partial charge in [0.05, 0.1) is 0 Å². The molecule has 0 aromatic heterocycles. The predicted molar refractivity (Wildman–Crippen MR) is 72.1 cm³/mol. The van der Waals surface area contributed by atoms with E-state index in [0.29, 0.717) is 12.1 Å². The summed E-state index contributed by atoms with van der Waals surface area (Å²) in [6.07, 6.45) is 0.639. The highest BCUT2D eigenvalue weighted by molar-refractivity contribution is 7.80. The van der Waals surface area contributed by atoms with E-state index in [9.17, 15) is 14.0 Å². The van der Waals surface area contributed by atoms with Crippen LogP contribution in [0.1, 0.15) is 18.4 Å². The Morgan fingerprint density at radius 3 is 2.79 bits per heavy atom. The molecule has 0 saturated carbocycles. The lowest BCUT2D eigenvalue weighted by molar-refractivity contribution is -0.133. The lowest BCUT2D eigenvalue weighted by atomic mass is 10.1. The van der Waals surface area contributed by atoms with Gasteiger partial charge in [0.1, 0.15) is 16.8 Å². The van der Waals surface area contributed by atoms with Crippen LogP contribution in [0.4, 0.5) is 10.1 Å². The standard InChI is InChI=1S/C12H12FN3O2S/c13-8-5-6(1-2-7(8)11(14)19)15-9-3-4-10(17)16-12(9)18/h1-2,5,9,15H,3-4H2,(H2,14,19)(H,16,17,18). The fourth-order valence-corrected chi connectivity index (χ4v) is 2.00. The third-order valence-electron chi connectivity index (χ3n) is 2.81. The van der Waals surface area contributed by atoms with Gasteiger partial charge in [0.2, 0.25) is 11.8 Å². The van der Waals surface area contributed by atoms with Gasteiger partial charge in [0.25, 0.3) is 0 Å². The minimum Gasteiger partial charge on any atom is -0.389 e. The minimum atomic E-state index is -0.551. The molecule has 1 aliphatic rings. The predicted octanol–water partition coefficient (Wildman–Crippen LogP) is 0.677. The molecule has 1 fully saturated rings. The second-order valence-corrected chi connectivity index (χ2v) is 4.65. The molecule has 0 spiro atoms. The number of hydrogen-bond donors (Lipinski definition) is 3. The molecule has 1 atom stereocenters. The van der Waals surface area contributed by atoms with E-state index in [0.717, 1.165) is 0 Å². The average Bonchev–Trinajstić information content (AvgIpc) is 2.32. The molecule has 1 heterocycles.